The van der Waals surface area contributed by atoms with E-state index in [1.165, 1.54) is 0 Å². The first-order chi connectivity index (χ1) is 7.65. The molecule has 0 unspecified atom stereocenters. The van der Waals surface area contributed by atoms with Crippen molar-refractivity contribution in [1.29, 1.82) is 0 Å². The second-order valence-electron chi connectivity index (χ2n) is 3.89. The number of likely N-dealkylation sites (tertiary alicyclic amines) is 1. The maximum atomic E-state index is 12.2. The highest BCUT2D eigenvalue weighted by atomic mass is 79.9. The lowest BCUT2D eigenvalue weighted by Gasteiger charge is -2.28. The van der Waals surface area contributed by atoms with Crippen LogP contribution in [0.4, 0.5) is 0 Å². The summed E-state index contributed by atoms with van der Waals surface area (Å²) in [7, 11) is 0. The molecule has 1 heterocycles. The summed E-state index contributed by atoms with van der Waals surface area (Å²) in [4.78, 5) is 27.3. The molecule has 1 atom stereocenters. The number of carbonyl (C=O) groups is 2. The lowest BCUT2D eigenvalue weighted by Crippen LogP contribution is -2.48. The number of carbonyl (C=O) groups excluding carboxylic acids is 2. The smallest absolute Gasteiger partial charge is 0.245 e. The van der Waals surface area contributed by atoms with Crippen LogP contribution >= 0.6 is 15.9 Å². The lowest BCUT2D eigenvalue weighted by molar-refractivity contribution is -0.142. The predicted molar refractivity (Wildman–Crippen MR) is 66.5 cm³/mol. The van der Waals surface area contributed by atoms with Crippen molar-refractivity contribution in [2.45, 2.75) is 32.7 Å². The van der Waals surface area contributed by atoms with E-state index in [9.17, 15) is 9.59 Å². The normalized spacial score (nSPS) is 19.9. The Bertz CT molecular complexity index is 267. The van der Waals surface area contributed by atoms with E-state index < -0.39 is 0 Å². The molecule has 1 aliphatic heterocycles. The van der Waals surface area contributed by atoms with Gasteiger partial charge in [0.15, 0.2) is 0 Å². The quantitative estimate of drug-likeness (QED) is 0.731. The molecule has 0 aromatic rings. The van der Waals surface area contributed by atoms with Crippen molar-refractivity contribution in [3.8, 4) is 0 Å². The van der Waals surface area contributed by atoms with Gasteiger partial charge in [-0.2, -0.15) is 0 Å². The third-order valence-electron chi connectivity index (χ3n) is 3.05. The van der Waals surface area contributed by atoms with Crippen LogP contribution < -0.4 is 0 Å². The molecule has 2 amide bonds. The zero-order chi connectivity index (χ0) is 12.1. The number of nitrogens with zero attached hydrogens (tertiary/aromatic N) is 2. The van der Waals surface area contributed by atoms with Crippen molar-refractivity contribution in [1.82, 2.24) is 9.80 Å². The van der Waals surface area contributed by atoms with Crippen molar-refractivity contribution >= 4 is 27.7 Å². The highest BCUT2D eigenvalue weighted by Crippen LogP contribution is 2.20. The Hall–Kier alpha value is -0.580. The van der Waals surface area contributed by atoms with Crippen molar-refractivity contribution in [2.24, 2.45) is 0 Å². The average Bonchev–Trinajstić information content (AvgIpc) is 2.78. The van der Waals surface area contributed by atoms with Crippen LogP contribution in [0.2, 0.25) is 0 Å². The van der Waals surface area contributed by atoms with Crippen LogP contribution in [0.5, 0.6) is 0 Å². The number of alkyl halides is 1. The number of hydrogen-bond acceptors (Lipinski definition) is 2. The van der Waals surface area contributed by atoms with Gasteiger partial charge in [0, 0.05) is 19.6 Å². The molecular weight excluding hydrogens is 272 g/mol. The first-order valence-electron chi connectivity index (χ1n) is 5.79. The minimum Gasteiger partial charge on any atom is -0.341 e. The predicted octanol–water partition coefficient (Wildman–Crippen LogP) is 1.24. The number of rotatable bonds is 4. The van der Waals surface area contributed by atoms with Gasteiger partial charge in [0.25, 0.3) is 0 Å². The van der Waals surface area contributed by atoms with Crippen LogP contribution in [0.25, 0.3) is 0 Å². The van der Waals surface area contributed by atoms with Crippen LogP contribution in [-0.4, -0.2) is 52.6 Å². The fourth-order valence-electron chi connectivity index (χ4n) is 2.14. The number of halogens is 1. The molecule has 1 saturated heterocycles. The van der Waals surface area contributed by atoms with Gasteiger partial charge in [-0.15, -0.1) is 0 Å². The Morgan fingerprint density at radius 1 is 1.38 bits per heavy atom. The van der Waals surface area contributed by atoms with Gasteiger partial charge in [-0.3, -0.25) is 9.59 Å². The molecule has 5 heteroatoms. The van der Waals surface area contributed by atoms with E-state index in [4.69, 9.17) is 0 Å². The van der Waals surface area contributed by atoms with Gasteiger partial charge in [0.1, 0.15) is 6.04 Å². The molecule has 0 aromatic heterocycles. The van der Waals surface area contributed by atoms with Gasteiger partial charge >= 0.3 is 0 Å². The first kappa shape index (κ1) is 13.5. The zero-order valence-corrected chi connectivity index (χ0v) is 11.5. The van der Waals surface area contributed by atoms with Gasteiger partial charge in [0.2, 0.25) is 11.8 Å². The van der Waals surface area contributed by atoms with Crippen molar-refractivity contribution < 1.29 is 9.59 Å². The number of amides is 2. The van der Waals surface area contributed by atoms with Gasteiger partial charge in [-0.25, -0.2) is 0 Å². The summed E-state index contributed by atoms with van der Waals surface area (Å²) in [5, 5.41) is 0.301. The van der Waals surface area contributed by atoms with Crippen molar-refractivity contribution in [2.75, 3.05) is 25.0 Å². The van der Waals surface area contributed by atoms with Crippen LogP contribution in [-0.2, 0) is 9.59 Å². The SMILES string of the molecule is CCN(CC)C(=O)[C@@H]1CCCN1C(=O)CBr. The zero-order valence-electron chi connectivity index (χ0n) is 9.91. The Morgan fingerprint density at radius 2 is 2.00 bits per heavy atom. The second kappa shape index (κ2) is 6.23. The van der Waals surface area contributed by atoms with E-state index in [1.54, 1.807) is 9.80 Å². The van der Waals surface area contributed by atoms with E-state index in [0.717, 1.165) is 12.8 Å². The summed E-state index contributed by atoms with van der Waals surface area (Å²) in [5.74, 6) is 0.111. The maximum absolute atomic E-state index is 12.2. The Balaban J connectivity index is 2.70. The van der Waals surface area contributed by atoms with Crippen LogP contribution in [0.3, 0.4) is 0 Å². The monoisotopic (exact) mass is 290 g/mol. The Morgan fingerprint density at radius 3 is 2.50 bits per heavy atom. The summed E-state index contributed by atoms with van der Waals surface area (Å²) in [5.41, 5.74) is 0. The van der Waals surface area contributed by atoms with Crippen LogP contribution in [0.15, 0.2) is 0 Å². The molecule has 0 N–H and O–H groups in total. The topological polar surface area (TPSA) is 40.6 Å². The largest absolute Gasteiger partial charge is 0.341 e. The fourth-order valence-corrected chi connectivity index (χ4v) is 2.47. The third kappa shape index (κ3) is 2.75. The van der Waals surface area contributed by atoms with Gasteiger partial charge in [-0.05, 0) is 26.7 Å². The van der Waals surface area contributed by atoms with Gasteiger partial charge in [0.05, 0.1) is 5.33 Å². The first-order valence-corrected chi connectivity index (χ1v) is 6.92. The van der Waals surface area contributed by atoms with E-state index in [-0.39, 0.29) is 17.9 Å². The highest BCUT2D eigenvalue weighted by molar-refractivity contribution is 9.09. The molecule has 0 spiro atoms. The van der Waals surface area contributed by atoms with E-state index >= 15 is 0 Å². The standard InChI is InChI=1S/C11H19BrN2O2/c1-3-13(4-2)11(16)9-6-5-7-14(9)10(15)8-12/h9H,3-8H2,1-2H3/t9-/m0/s1. The molecule has 1 rings (SSSR count). The molecule has 0 radical (unpaired) electrons. The molecule has 0 aliphatic carbocycles. The summed E-state index contributed by atoms with van der Waals surface area (Å²) >= 11 is 3.16. The minimum absolute atomic E-state index is 0.0167. The van der Waals surface area contributed by atoms with Crippen LogP contribution in [0, 0.1) is 0 Å². The molecule has 92 valence electrons. The fraction of sp³-hybridized carbons (Fsp3) is 0.818. The molecule has 1 fully saturated rings. The van der Waals surface area contributed by atoms with Gasteiger partial charge in [-0.1, -0.05) is 15.9 Å². The molecule has 4 nitrogen and oxygen atoms in total. The maximum Gasteiger partial charge on any atom is 0.245 e. The highest BCUT2D eigenvalue weighted by Gasteiger charge is 2.35. The summed E-state index contributed by atoms with van der Waals surface area (Å²) in [6, 6.07) is -0.232. The number of hydrogen-bond donors (Lipinski definition) is 0. The molecule has 0 aromatic carbocycles. The second-order valence-corrected chi connectivity index (χ2v) is 4.45. The molecule has 0 saturated carbocycles. The van der Waals surface area contributed by atoms with Crippen molar-refractivity contribution in [3.63, 3.8) is 0 Å². The summed E-state index contributed by atoms with van der Waals surface area (Å²) in [6.07, 6.45) is 1.73. The molecular formula is C11H19BrN2O2. The molecule has 16 heavy (non-hydrogen) atoms. The summed E-state index contributed by atoms with van der Waals surface area (Å²) in [6.45, 7) is 6.06. The Kier molecular flexibility index (Phi) is 5.25. The van der Waals surface area contributed by atoms with Crippen molar-refractivity contribution in [3.05, 3.63) is 0 Å². The number of likely N-dealkylation sites (N-methyl/N-ethyl adjacent to an activating group) is 1. The third-order valence-corrected chi connectivity index (χ3v) is 3.53. The van der Waals surface area contributed by atoms with Gasteiger partial charge < -0.3 is 9.80 Å². The summed E-state index contributed by atoms with van der Waals surface area (Å²) < 4.78 is 0. The van der Waals surface area contributed by atoms with E-state index in [0.29, 0.717) is 25.0 Å². The molecule has 1 aliphatic rings. The average molecular weight is 291 g/mol. The lowest BCUT2D eigenvalue weighted by atomic mass is 10.2. The molecule has 0 bridgehead atoms. The van der Waals surface area contributed by atoms with Crippen LogP contribution in [0.1, 0.15) is 26.7 Å². The minimum atomic E-state index is -0.232. The van der Waals surface area contributed by atoms with E-state index in [1.807, 2.05) is 13.8 Å². The van der Waals surface area contributed by atoms with E-state index in [2.05, 4.69) is 15.9 Å². The Labute approximate surface area is 105 Å².